The largest absolute Gasteiger partial charge is 0.451 e. The molecule has 1 aliphatic rings. The van der Waals surface area contributed by atoms with Crippen molar-refractivity contribution >= 4 is 23.1 Å². The van der Waals surface area contributed by atoms with Gasteiger partial charge in [0.05, 0.1) is 10.7 Å². The third-order valence-corrected chi connectivity index (χ3v) is 4.21. The Bertz CT molecular complexity index is 907. The van der Waals surface area contributed by atoms with Gasteiger partial charge in [-0.2, -0.15) is 26.3 Å². The lowest BCUT2D eigenvalue weighted by atomic mass is 9.96. The molecule has 11 heteroatoms. The van der Waals surface area contributed by atoms with Gasteiger partial charge in [-0.05, 0) is 24.5 Å². The van der Waals surface area contributed by atoms with Crippen LogP contribution in [0.25, 0.3) is 5.70 Å². The van der Waals surface area contributed by atoms with Gasteiger partial charge in [0.2, 0.25) is 5.82 Å². The Balaban J connectivity index is 2.21. The average molecular weight is 409 g/mol. The molecular formula is C16H11ClF6N4. The van der Waals surface area contributed by atoms with E-state index in [0.29, 0.717) is 0 Å². The maximum Gasteiger partial charge on any atom is 0.451 e. The molecule has 0 aromatic carbocycles. The number of nitrogens with one attached hydrogen (secondary N) is 1. The molecule has 0 bridgehead atoms. The molecule has 1 N–H and O–H groups in total. The fourth-order valence-corrected chi connectivity index (χ4v) is 2.93. The molecule has 4 nitrogen and oxygen atoms in total. The number of halogens is 7. The van der Waals surface area contributed by atoms with E-state index in [1.165, 1.54) is 25.3 Å². The minimum Gasteiger partial charge on any atom is -0.338 e. The Morgan fingerprint density at radius 3 is 2.41 bits per heavy atom. The zero-order valence-electron chi connectivity index (χ0n) is 13.6. The van der Waals surface area contributed by atoms with Crippen molar-refractivity contribution in [2.45, 2.75) is 31.6 Å². The number of aromatic nitrogens is 3. The first-order valence-corrected chi connectivity index (χ1v) is 8.00. The molecule has 0 unspecified atom stereocenters. The quantitative estimate of drug-likeness (QED) is 0.631. The average Bonchev–Trinajstić information content (AvgIpc) is 2.72. The van der Waals surface area contributed by atoms with Gasteiger partial charge >= 0.3 is 12.4 Å². The van der Waals surface area contributed by atoms with Crippen molar-refractivity contribution in [3.63, 3.8) is 0 Å². The Morgan fingerprint density at radius 2 is 1.81 bits per heavy atom. The van der Waals surface area contributed by atoms with Crippen LogP contribution in [0.4, 0.5) is 32.2 Å². The number of hydrogen-bond acceptors (Lipinski definition) is 4. The van der Waals surface area contributed by atoms with E-state index < -0.39 is 41.2 Å². The highest BCUT2D eigenvalue weighted by Crippen LogP contribution is 2.43. The molecule has 27 heavy (non-hydrogen) atoms. The zero-order chi connectivity index (χ0) is 20.0. The maximum atomic E-state index is 13.4. The predicted molar refractivity (Wildman–Crippen MR) is 85.9 cm³/mol. The van der Waals surface area contributed by atoms with Crippen LogP contribution in [0.2, 0.25) is 5.02 Å². The molecular weight excluding hydrogens is 398 g/mol. The fourth-order valence-electron chi connectivity index (χ4n) is 2.71. The van der Waals surface area contributed by atoms with E-state index in [1.54, 1.807) is 6.07 Å². The lowest BCUT2D eigenvalue weighted by molar-refractivity contribution is -0.153. The van der Waals surface area contributed by atoms with Gasteiger partial charge in [0, 0.05) is 11.8 Å². The predicted octanol–water partition coefficient (Wildman–Crippen LogP) is 5.52. The van der Waals surface area contributed by atoms with Gasteiger partial charge in [-0.25, -0.2) is 9.97 Å². The van der Waals surface area contributed by atoms with E-state index in [0.717, 1.165) is 0 Å². The second-order valence-corrected chi connectivity index (χ2v) is 6.27. The number of rotatable bonds is 1. The van der Waals surface area contributed by atoms with E-state index in [2.05, 4.69) is 20.3 Å². The van der Waals surface area contributed by atoms with Crippen LogP contribution in [0, 0.1) is 0 Å². The van der Waals surface area contributed by atoms with Crippen LogP contribution in [-0.2, 0) is 12.4 Å². The first-order valence-electron chi connectivity index (χ1n) is 7.63. The highest BCUT2D eigenvalue weighted by atomic mass is 35.5. The topological polar surface area (TPSA) is 50.7 Å². The summed E-state index contributed by atoms with van der Waals surface area (Å²) in [6, 6.07) is 3.05. The fraction of sp³-hybridized carbons (Fsp3) is 0.312. The number of anilines is 1. The molecule has 1 aliphatic heterocycles. The summed E-state index contributed by atoms with van der Waals surface area (Å²) in [5.41, 5.74) is -1.68. The summed E-state index contributed by atoms with van der Waals surface area (Å²) in [4.78, 5) is 10.1. The number of nitrogens with zero attached hydrogens (tertiary/aromatic N) is 3. The molecule has 0 saturated heterocycles. The van der Waals surface area contributed by atoms with Gasteiger partial charge in [0.25, 0.3) is 0 Å². The van der Waals surface area contributed by atoms with E-state index in [4.69, 9.17) is 11.6 Å². The van der Waals surface area contributed by atoms with E-state index in [9.17, 15) is 26.3 Å². The van der Waals surface area contributed by atoms with Crippen molar-refractivity contribution in [2.75, 3.05) is 5.32 Å². The first kappa shape index (κ1) is 19.4. The van der Waals surface area contributed by atoms with Crippen LogP contribution in [0.3, 0.4) is 0 Å². The summed E-state index contributed by atoms with van der Waals surface area (Å²) < 4.78 is 79.3. The molecule has 2 aromatic rings. The molecule has 0 saturated carbocycles. The Hall–Kier alpha value is -2.36. The SMILES string of the molecule is C[C@@H]1CC=C(c2ncccc2Cl)Nc2nc(C(F)(F)F)nc(C(F)(F)F)c21. The van der Waals surface area contributed by atoms with Gasteiger partial charge in [-0.1, -0.05) is 24.6 Å². The summed E-state index contributed by atoms with van der Waals surface area (Å²) >= 11 is 6.05. The molecule has 0 spiro atoms. The van der Waals surface area contributed by atoms with Gasteiger partial charge < -0.3 is 5.32 Å². The second kappa shape index (κ2) is 6.66. The van der Waals surface area contributed by atoms with Crippen molar-refractivity contribution in [1.29, 1.82) is 0 Å². The van der Waals surface area contributed by atoms with Crippen molar-refractivity contribution < 1.29 is 26.3 Å². The van der Waals surface area contributed by atoms with Crippen LogP contribution in [0.5, 0.6) is 0 Å². The van der Waals surface area contributed by atoms with Crippen LogP contribution in [0.15, 0.2) is 24.4 Å². The zero-order valence-corrected chi connectivity index (χ0v) is 14.3. The summed E-state index contributed by atoms with van der Waals surface area (Å²) in [6.07, 6.45) is -7.19. The molecule has 0 fully saturated rings. The molecule has 0 radical (unpaired) electrons. The standard InChI is InChI=1S/C16H11ClF6N4/c1-7-4-5-9(11-8(17)3-2-6-24-11)25-13-10(7)12(15(18,19)20)26-14(27-13)16(21,22)23/h2-3,5-7H,4H2,1H3,(H,25,26,27)/t7-/m1/s1. The molecule has 144 valence electrons. The molecule has 3 rings (SSSR count). The normalized spacial score (nSPS) is 17.6. The summed E-state index contributed by atoms with van der Waals surface area (Å²) in [6.45, 7) is 1.45. The van der Waals surface area contributed by atoms with Crippen LogP contribution >= 0.6 is 11.6 Å². The van der Waals surface area contributed by atoms with Crippen LogP contribution < -0.4 is 5.32 Å². The van der Waals surface area contributed by atoms with E-state index in [1.807, 2.05) is 0 Å². The van der Waals surface area contributed by atoms with Crippen molar-refractivity contribution in [3.05, 3.63) is 52.2 Å². The third kappa shape index (κ3) is 3.85. The van der Waals surface area contributed by atoms with Gasteiger partial charge in [0.1, 0.15) is 11.5 Å². The Kier molecular flexibility index (Phi) is 4.79. The second-order valence-electron chi connectivity index (χ2n) is 5.87. The van der Waals surface area contributed by atoms with E-state index in [-0.39, 0.29) is 22.8 Å². The number of fused-ring (bicyclic) bond motifs is 1. The number of allylic oxidation sites excluding steroid dienone is 1. The third-order valence-electron chi connectivity index (χ3n) is 3.90. The molecule has 1 atom stereocenters. The minimum atomic E-state index is -5.14. The summed E-state index contributed by atoms with van der Waals surface area (Å²) in [5.74, 6) is -3.23. The van der Waals surface area contributed by atoms with Gasteiger partial charge in [0.15, 0.2) is 5.69 Å². The Morgan fingerprint density at radius 1 is 1.11 bits per heavy atom. The first-order chi connectivity index (χ1) is 12.5. The smallest absolute Gasteiger partial charge is 0.338 e. The molecule has 2 aromatic heterocycles. The van der Waals surface area contributed by atoms with Crippen molar-refractivity contribution in [3.8, 4) is 0 Å². The lowest BCUT2D eigenvalue weighted by Gasteiger charge is -2.20. The number of alkyl halides is 6. The van der Waals surface area contributed by atoms with Crippen molar-refractivity contribution in [1.82, 2.24) is 15.0 Å². The van der Waals surface area contributed by atoms with Crippen LogP contribution in [0.1, 0.15) is 42.0 Å². The number of pyridine rings is 1. The van der Waals surface area contributed by atoms with Crippen molar-refractivity contribution in [2.24, 2.45) is 0 Å². The number of hydrogen-bond donors (Lipinski definition) is 1. The van der Waals surface area contributed by atoms with E-state index >= 15 is 0 Å². The molecule has 3 heterocycles. The highest BCUT2D eigenvalue weighted by Gasteiger charge is 2.44. The lowest BCUT2D eigenvalue weighted by Crippen LogP contribution is -2.22. The summed E-state index contributed by atoms with van der Waals surface area (Å²) in [5, 5.41) is 2.72. The monoisotopic (exact) mass is 408 g/mol. The van der Waals surface area contributed by atoms with Gasteiger partial charge in [-0.15, -0.1) is 0 Å². The maximum absolute atomic E-state index is 13.4. The molecule has 0 aliphatic carbocycles. The summed E-state index contributed by atoms with van der Waals surface area (Å²) in [7, 11) is 0. The van der Waals surface area contributed by atoms with Gasteiger partial charge in [-0.3, -0.25) is 4.98 Å². The molecule has 0 amide bonds. The highest BCUT2D eigenvalue weighted by molar-refractivity contribution is 6.32. The van der Waals surface area contributed by atoms with Crippen LogP contribution in [-0.4, -0.2) is 15.0 Å². The minimum absolute atomic E-state index is 0.0973. The Labute approximate surface area is 154 Å².